The van der Waals surface area contributed by atoms with E-state index in [9.17, 15) is 4.79 Å². The van der Waals surface area contributed by atoms with Gasteiger partial charge in [0.05, 0.1) is 0 Å². The summed E-state index contributed by atoms with van der Waals surface area (Å²) >= 11 is 0. The molecule has 5 heteroatoms. The number of benzene rings is 1. The molecule has 2 amide bonds. The summed E-state index contributed by atoms with van der Waals surface area (Å²) < 4.78 is 0. The predicted octanol–water partition coefficient (Wildman–Crippen LogP) is 1.59. The van der Waals surface area contributed by atoms with Gasteiger partial charge in [-0.2, -0.15) is 0 Å². The van der Waals surface area contributed by atoms with Crippen molar-refractivity contribution in [2.24, 2.45) is 0 Å². The van der Waals surface area contributed by atoms with Gasteiger partial charge in [0.15, 0.2) is 0 Å². The molecular formula is C18H28N4O. The average Bonchev–Trinajstić information content (AvgIpc) is 2.56. The Morgan fingerprint density at radius 2 is 1.87 bits per heavy atom. The Kier molecular flexibility index (Phi) is 7.10. The number of amides is 2. The topological polar surface area (TPSA) is 38.8 Å². The molecule has 0 aromatic heterocycles. The SMILES string of the molecule is CN(C)CCNC(=O)N1CCN(C/C=C/c2ccccc2)CC1. The third kappa shape index (κ3) is 6.42. The second kappa shape index (κ2) is 9.33. The molecule has 1 N–H and O–H groups in total. The van der Waals surface area contributed by atoms with Crippen molar-refractivity contribution in [1.82, 2.24) is 20.0 Å². The van der Waals surface area contributed by atoms with Crippen LogP contribution in [0.15, 0.2) is 36.4 Å². The van der Waals surface area contributed by atoms with Crippen molar-refractivity contribution in [2.45, 2.75) is 0 Å². The fourth-order valence-corrected chi connectivity index (χ4v) is 2.53. The van der Waals surface area contributed by atoms with Gasteiger partial charge in [0.2, 0.25) is 0 Å². The highest BCUT2D eigenvalue weighted by Gasteiger charge is 2.19. The summed E-state index contributed by atoms with van der Waals surface area (Å²) in [6.07, 6.45) is 4.35. The molecule has 0 radical (unpaired) electrons. The van der Waals surface area contributed by atoms with Crippen LogP contribution in [0.25, 0.3) is 6.08 Å². The maximum Gasteiger partial charge on any atom is 0.317 e. The summed E-state index contributed by atoms with van der Waals surface area (Å²) in [5.41, 5.74) is 1.23. The van der Waals surface area contributed by atoms with E-state index in [0.29, 0.717) is 6.54 Å². The second-order valence-corrected chi connectivity index (χ2v) is 6.14. The fourth-order valence-electron chi connectivity index (χ4n) is 2.53. The molecule has 0 atom stereocenters. The van der Waals surface area contributed by atoms with Crippen LogP contribution in [0, 0.1) is 0 Å². The molecule has 1 aliphatic heterocycles. The largest absolute Gasteiger partial charge is 0.337 e. The van der Waals surface area contributed by atoms with E-state index in [1.54, 1.807) is 0 Å². The van der Waals surface area contributed by atoms with Gasteiger partial charge in [-0.3, -0.25) is 4.90 Å². The summed E-state index contributed by atoms with van der Waals surface area (Å²) in [5, 5.41) is 2.98. The first-order valence-electron chi connectivity index (χ1n) is 8.26. The molecule has 2 rings (SSSR count). The van der Waals surface area contributed by atoms with Crippen LogP contribution in [-0.4, -0.2) is 80.6 Å². The van der Waals surface area contributed by atoms with E-state index in [2.05, 4.69) is 39.4 Å². The van der Waals surface area contributed by atoms with Crippen molar-refractivity contribution in [3.05, 3.63) is 42.0 Å². The van der Waals surface area contributed by atoms with E-state index >= 15 is 0 Å². The van der Waals surface area contributed by atoms with Crippen LogP contribution in [0.1, 0.15) is 5.56 Å². The molecule has 1 heterocycles. The van der Waals surface area contributed by atoms with E-state index in [4.69, 9.17) is 0 Å². The lowest BCUT2D eigenvalue weighted by Gasteiger charge is -2.34. The van der Waals surface area contributed by atoms with Gasteiger partial charge in [0.1, 0.15) is 0 Å². The minimum Gasteiger partial charge on any atom is -0.337 e. The van der Waals surface area contributed by atoms with E-state index in [0.717, 1.165) is 39.3 Å². The molecule has 0 bridgehead atoms. The number of nitrogens with one attached hydrogen (secondary N) is 1. The maximum absolute atomic E-state index is 12.0. The number of nitrogens with zero attached hydrogens (tertiary/aromatic N) is 3. The van der Waals surface area contributed by atoms with Crippen molar-refractivity contribution in [3.8, 4) is 0 Å². The number of urea groups is 1. The molecule has 126 valence electrons. The Morgan fingerprint density at radius 1 is 1.17 bits per heavy atom. The molecule has 1 aliphatic rings. The summed E-state index contributed by atoms with van der Waals surface area (Å²) in [7, 11) is 4.02. The average molecular weight is 316 g/mol. The Bertz CT molecular complexity index is 493. The summed E-state index contributed by atoms with van der Waals surface area (Å²) in [6.45, 7) is 5.97. The van der Waals surface area contributed by atoms with Crippen LogP contribution in [0.2, 0.25) is 0 Å². The highest BCUT2D eigenvalue weighted by Crippen LogP contribution is 2.04. The van der Waals surface area contributed by atoms with Crippen molar-refractivity contribution in [2.75, 3.05) is 59.9 Å². The van der Waals surface area contributed by atoms with Crippen LogP contribution < -0.4 is 5.32 Å². The molecule has 0 aliphatic carbocycles. The normalized spacial score (nSPS) is 16.2. The first-order chi connectivity index (χ1) is 11.1. The third-order valence-electron chi connectivity index (χ3n) is 3.97. The maximum atomic E-state index is 12.0. The standard InChI is InChI=1S/C18H28N4O/c1-20(2)12-10-19-18(23)22-15-13-21(14-16-22)11-6-9-17-7-4-3-5-8-17/h3-9H,10-16H2,1-2H3,(H,19,23)/b9-6+. The minimum atomic E-state index is 0.0614. The molecule has 1 aromatic carbocycles. The molecular weight excluding hydrogens is 288 g/mol. The number of likely N-dealkylation sites (N-methyl/N-ethyl adjacent to an activating group) is 1. The van der Waals surface area contributed by atoms with Gasteiger partial charge in [-0.1, -0.05) is 42.5 Å². The molecule has 23 heavy (non-hydrogen) atoms. The summed E-state index contributed by atoms with van der Waals surface area (Å²) in [4.78, 5) is 18.4. The molecule has 1 aromatic rings. The van der Waals surface area contributed by atoms with Crippen molar-refractivity contribution < 1.29 is 4.79 Å². The van der Waals surface area contributed by atoms with Gasteiger partial charge < -0.3 is 15.1 Å². The van der Waals surface area contributed by atoms with Crippen molar-refractivity contribution >= 4 is 12.1 Å². The number of hydrogen-bond donors (Lipinski definition) is 1. The molecule has 1 saturated heterocycles. The third-order valence-corrected chi connectivity index (χ3v) is 3.97. The lowest BCUT2D eigenvalue weighted by atomic mass is 10.2. The molecule has 5 nitrogen and oxygen atoms in total. The zero-order valence-electron chi connectivity index (χ0n) is 14.2. The van der Waals surface area contributed by atoms with E-state index in [1.807, 2.05) is 37.2 Å². The monoisotopic (exact) mass is 316 g/mol. The van der Waals surface area contributed by atoms with Crippen molar-refractivity contribution in [3.63, 3.8) is 0 Å². The highest BCUT2D eigenvalue weighted by atomic mass is 16.2. The number of carbonyl (C=O) groups is 1. The molecule has 0 spiro atoms. The Morgan fingerprint density at radius 3 is 2.52 bits per heavy atom. The van der Waals surface area contributed by atoms with Gasteiger partial charge in [0, 0.05) is 45.8 Å². The van der Waals surface area contributed by atoms with Gasteiger partial charge in [0.25, 0.3) is 0 Å². The quantitative estimate of drug-likeness (QED) is 0.866. The second-order valence-electron chi connectivity index (χ2n) is 6.14. The van der Waals surface area contributed by atoms with Gasteiger partial charge in [-0.25, -0.2) is 4.79 Å². The predicted molar refractivity (Wildman–Crippen MR) is 95.4 cm³/mol. The van der Waals surface area contributed by atoms with Crippen LogP contribution in [-0.2, 0) is 0 Å². The first-order valence-corrected chi connectivity index (χ1v) is 8.26. The lowest BCUT2D eigenvalue weighted by molar-refractivity contribution is 0.146. The number of carbonyl (C=O) groups excluding carboxylic acids is 1. The smallest absolute Gasteiger partial charge is 0.317 e. The zero-order chi connectivity index (χ0) is 16.5. The van der Waals surface area contributed by atoms with E-state index < -0.39 is 0 Å². The van der Waals surface area contributed by atoms with Crippen LogP contribution >= 0.6 is 0 Å². The van der Waals surface area contributed by atoms with Crippen LogP contribution in [0.4, 0.5) is 4.79 Å². The zero-order valence-corrected chi connectivity index (χ0v) is 14.2. The van der Waals surface area contributed by atoms with Crippen LogP contribution in [0.5, 0.6) is 0 Å². The van der Waals surface area contributed by atoms with Gasteiger partial charge in [-0.15, -0.1) is 0 Å². The minimum absolute atomic E-state index is 0.0614. The molecule has 1 fully saturated rings. The first kappa shape index (κ1) is 17.5. The molecule has 0 unspecified atom stereocenters. The Balaban J connectivity index is 1.65. The Labute approximate surface area is 139 Å². The Hall–Kier alpha value is -1.85. The van der Waals surface area contributed by atoms with Gasteiger partial charge in [-0.05, 0) is 19.7 Å². The van der Waals surface area contributed by atoms with E-state index in [-0.39, 0.29) is 6.03 Å². The number of rotatable bonds is 6. The number of hydrogen-bond acceptors (Lipinski definition) is 3. The number of piperazine rings is 1. The van der Waals surface area contributed by atoms with Crippen LogP contribution in [0.3, 0.4) is 0 Å². The highest BCUT2D eigenvalue weighted by molar-refractivity contribution is 5.74. The van der Waals surface area contributed by atoms with E-state index in [1.165, 1.54) is 5.56 Å². The van der Waals surface area contributed by atoms with Crippen molar-refractivity contribution in [1.29, 1.82) is 0 Å². The summed E-state index contributed by atoms with van der Waals surface area (Å²) in [5.74, 6) is 0. The molecule has 0 saturated carbocycles. The summed E-state index contributed by atoms with van der Waals surface area (Å²) in [6, 6.07) is 10.4. The lowest BCUT2D eigenvalue weighted by Crippen LogP contribution is -2.52. The fraction of sp³-hybridized carbons (Fsp3) is 0.500. The van der Waals surface area contributed by atoms with Gasteiger partial charge >= 0.3 is 6.03 Å².